The first-order valence-electron chi connectivity index (χ1n) is 9.95. The van der Waals surface area contributed by atoms with E-state index in [1.807, 2.05) is 37.3 Å². The van der Waals surface area contributed by atoms with Crippen molar-refractivity contribution in [3.63, 3.8) is 0 Å². The Labute approximate surface area is 183 Å². The molecule has 0 amide bonds. The fraction of sp³-hybridized carbons (Fsp3) is 0.167. The minimum absolute atomic E-state index is 0.0552. The number of carbonyl (C=O) groups excluding carboxylic acids is 2. The summed E-state index contributed by atoms with van der Waals surface area (Å²) in [5.74, 6) is -0.637. The van der Waals surface area contributed by atoms with E-state index in [0.29, 0.717) is 50.4 Å². The molecule has 0 saturated heterocycles. The molecule has 0 bridgehead atoms. The largest absolute Gasteiger partial charge is 0.487 e. The Morgan fingerprint density at radius 1 is 1.00 bits per heavy atom. The molecular weight excluding hydrogens is 410 g/mol. The number of nitrogens with zero attached hydrogens (tertiary/aromatic N) is 3. The first-order valence-corrected chi connectivity index (χ1v) is 9.95. The molecule has 0 N–H and O–H groups in total. The van der Waals surface area contributed by atoms with Crippen molar-refractivity contribution in [3.8, 4) is 22.7 Å². The number of rotatable bonds is 3. The van der Waals surface area contributed by atoms with Gasteiger partial charge in [-0.2, -0.15) is 5.10 Å². The van der Waals surface area contributed by atoms with Gasteiger partial charge in [-0.25, -0.2) is 19.3 Å². The predicted molar refractivity (Wildman–Crippen MR) is 116 cm³/mol. The number of benzene rings is 2. The van der Waals surface area contributed by atoms with E-state index in [4.69, 9.17) is 19.2 Å². The predicted octanol–water partition coefficient (Wildman–Crippen LogP) is 3.86. The Morgan fingerprint density at radius 2 is 1.75 bits per heavy atom. The highest BCUT2D eigenvalue weighted by atomic mass is 16.5. The second-order valence-corrected chi connectivity index (χ2v) is 7.30. The first kappa shape index (κ1) is 19.7. The third-order valence-corrected chi connectivity index (χ3v) is 5.52. The minimum Gasteiger partial charge on any atom is -0.487 e. The maximum atomic E-state index is 12.9. The van der Waals surface area contributed by atoms with Crippen LogP contribution in [0.5, 0.6) is 5.75 Å². The molecule has 4 aromatic rings. The zero-order valence-corrected chi connectivity index (χ0v) is 17.7. The number of ether oxygens (including phenoxy) is 3. The molecule has 8 heteroatoms. The number of hydrogen-bond acceptors (Lipinski definition) is 7. The number of para-hydroxylation sites is 2. The van der Waals surface area contributed by atoms with E-state index in [0.717, 1.165) is 5.69 Å². The number of fused-ring (bicyclic) bond motifs is 4. The molecule has 8 nitrogen and oxygen atoms in total. The second kappa shape index (κ2) is 7.49. The molecule has 5 rings (SSSR count). The molecule has 0 atom stereocenters. The number of pyridine rings is 1. The third-order valence-electron chi connectivity index (χ3n) is 5.52. The molecular formula is C24H19N3O5. The Balaban J connectivity index is 1.87. The highest BCUT2D eigenvalue weighted by Crippen LogP contribution is 2.42. The average molecular weight is 429 g/mol. The summed E-state index contributed by atoms with van der Waals surface area (Å²) in [5.41, 5.74) is 4.37. The van der Waals surface area contributed by atoms with Crippen molar-refractivity contribution < 1.29 is 23.8 Å². The van der Waals surface area contributed by atoms with Crippen molar-refractivity contribution in [2.45, 2.75) is 13.5 Å². The lowest BCUT2D eigenvalue weighted by atomic mass is 9.94. The SMILES string of the molecule is COC(=O)c1cccc2c1OCc1c-2nc2c(c(C)nn2-c2ccccc2)c1C(=O)OC. The third kappa shape index (κ3) is 2.84. The molecule has 0 aliphatic carbocycles. The summed E-state index contributed by atoms with van der Waals surface area (Å²) >= 11 is 0. The fourth-order valence-electron chi connectivity index (χ4n) is 4.09. The van der Waals surface area contributed by atoms with Gasteiger partial charge in [0, 0.05) is 11.1 Å². The van der Waals surface area contributed by atoms with Crippen molar-refractivity contribution in [1.82, 2.24) is 14.8 Å². The highest BCUT2D eigenvalue weighted by molar-refractivity contribution is 6.08. The molecule has 0 spiro atoms. The molecule has 0 unspecified atom stereocenters. The highest BCUT2D eigenvalue weighted by Gasteiger charge is 2.32. The monoisotopic (exact) mass is 429 g/mol. The van der Waals surface area contributed by atoms with Crippen LogP contribution in [0.2, 0.25) is 0 Å². The molecule has 0 radical (unpaired) electrons. The fourth-order valence-corrected chi connectivity index (χ4v) is 4.09. The van der Waals surface area contributed by atoms with E-state index in [2.05, 4.69) is 5.10 Å². The van der Waals surface area contributed by atoms with Gasteiger partial charge in [-0.05, 0) is 31.2 Å². The number of esters is 2. The summed E-state index contributed by atoms with van der Waals surface area (Å²) in [4.78, 5) is 30.1. The van der Waals surface area contributed by atoms with Gasteiger partial charge >= 0.3 is 11.9 Å². The smallest absolute Gasteiger partial charge is 0.341 e. The lowest BCUT2D eigenvalue weighted by molar-refractivity contribution is 0.0584. The summed E-state index contributed by atoms with van der Waals surface area (Å²) < 4.78 is 17.7. The molecule has 2 aromatic carbocycles. The van der Waals surface area contributed by atoms with Crippen molar-refractivity contribution in [2.75, 3.05) is 14.2 Å². The molecule has 3 heterocycles. The van der Waals surface area contributed by atoms with Crippen LogP contribution in [-0.4, -0.2) is 40.9 Å². The van der Waals surface area contributed by atoms with Gasteiger partial charge in [0.25, 0.3) is 0 Å². The summed E-state index contributed by atoms with van der Waals surface area (Å²) in [6.07, 6.45) is 0. The average Bonchev–Trinajstić information content (AvgIpc) is 3.17. The summed E-state index contributed by atoms with van der Waals surface area (Å²) in [6.45, 7) is 1.88. The molecule has 0 saturated carbocycles. The Hall–Kier alpha value is -4.20. The van der Waals surface area contributed by atoms with Crippen molar-refractivity contribution in [2.24, 2.45) is 0 Å². The minimum atomic E-state index is -0.509. The number of aryl methyl sites for hydroxylation is 1. The number of methoxy groups -OCH3 is 2. The van der Waals surface area contributed by atoms with E-state index in [9.17, 15) is 9.59 Å². The van der Waals surface area contributed by atoms with Gasteiger partial charge in [0.2, 0.25) is 0 Å². The second-order valence-electron chi connectivity index (χ2n) is 7.30. The lowest BCUT2D eigenvalue weighted by Crippen LogP contribution is -2.17. The van der Waals surface area contributed by atoms with Crippen LogP contribution in [0.15, 0.2) is 48.5 Å². The van der Waals surface area contributed by atoms with Crippen LogP contribution in [0, 0.1) is 6.92 Å². The Kier molecular flexibility index (Phi) is 4.62. The van der Waals surface area contributed by atoms with Crippen molar-refractivity contribution in [1.29, 1.82) is 0 Å². The maximum Gasteiger partial charge on any atom is 0.341 e. The Morgan fingerprint density at radius 3 is 2.47 bits per heavy atom. The van der Waals surface area contributed by atoms with Gasteiger partial charge in [-0.3, -0.25) is 0 Å². The van der Waals surface area contributed by atoms with Gasteiger partial charge in [0.1, 0.15) is 17.9 Å². The van der Waals surface area contributed by atoms with E-state index < -0.39 is 11.9 Å². The summed E-state index contributed by atoms with van der Waals surface area (Å²) in [6, 6.07) is 14.7. The quantitative estimate of drug-likeness (QED) is 0.457. The van der Waals surface area contributed by atoms with Crippen LogP contribution in [0.1, 0.15) is 32.0 Å². The van der Waals surface area contributed by atoms with Gasteiger partial charge in [0.05, 0.1) is 42.2 Å². The number of aromatic nitrogens is 3. The van der Waals surface area contributed by atoms with Crippen LogP contribution >= 0.6 is 0 Å². The van der Waals surface area contributed by atoms with Crippen LogP contribution in [0.25, 0.3) is 28.0 Å². The van der Waals surface area contributed by atoms with Crippen molar-refractivity contribution in [3.05, 3.63) is 70.9 Å². The van der Waals surface area contributed by atoms with Crippen LogP contribution < -0.4 is 4.74 Å². The molecule has 2 aromatic heterocycles. The van der Waals surface area contributed by atoms with Crippen LogP contribution in [0.3, 0.4) is 0 Å². The van der Waals surface area contributed by atoms with Gasteiger partial charge < -0.3 is 14.2 Å². The van der Waals surface area contributed by atoms with E-state index in [-0.39, 0.29) is 6.61 Å². The van der Waals surface area contributed by atoms with Crippen LogP contribution in [-0.2, 0) is 16.1 Å². The van der Waals surface area contributed by atoms with Gasteiger partial charge in [0.15, 0.2) is 5.65 Å². The lowest BCUT2D eigenvalue weighted by Gasteiger charge is -2.24. The molecule has 1 aliphatic heterocycles. The molecule has 1 aliphatic rings. The van der Waals surface area contributed by atoms with Gasteiger partial charge in [-0.15, -0.1) is 0 Å². The number of hydrogen-bond donors (Lipinski definition) is 0. The Bertz CT molecular complexity index is 1390. The molecule has 0 fully saturated rings. The maximum absolute atomic E-state index is 12.9. The summed E-state index contributed by atoms with van der Waals surface area (Å²) in [7, 11) is 2.65. The molecule has 160 valence electrons. The van der Waals surface area contributed by atoms with E-state index in [1.165, 1.54) is 14.2 Å². The van der Waals surface area contributed by atoms with Gasteiger partial charge in [-0.1, -0.05) is 24.3 Å². The molecule has 32 heavy (non-hydrogen) atoms. The summed E-state index contributed by atoms with van der Waals surface area (Å²) in [5, 5.41) is 5.26. The van der Waals surface area contributed by atoms with E-state index in [1.54, 1.807) is 22.9 Å². The zero-order valence-electron chi connectivity index (χ0n) is 17.7. The van der Waals surface area contributed by atoms with Crippen LogP contribution in [0.4, 0.5) is 0 Å². The topological polar surface area (TPSA) is 92.5 Å². The zero-order chi connectivity index (χ0) is 22.4. The number of carbonyl (C=O) groups is 2. The normalized spacial score (nSPS) is 12.0. The van der Waals surface area contributed by atoms with Crippen molar-refractivity contribution >= 4 is 23.0 Å². The first-order chi connectivity index (χ1) is 15.5. The van der Waals surface area contributed by atoms with E-state index >= 15 is 0 Å². The standard InChI is InChI=1S/C24H19N3O5/c1-13-18-19(24(29)31-3)17-12-32-21-15(10-7-11-16(21)23(28)30-2)20(17)25-22(18)27(26-13)14-8-5-4-6-9-14/h4-11H,12H2,1-3H3.